The summed E-state index contributed by atoms with van der Waals surface area (Å²) in [6.07, 6.45) is 4.70. The van der Waals surface area contributed by atoms with Crippen molar-refractivity contribution in [3.8, 4) is 0 Å². The van der Waals surface area contributed by atoms with Gasteiger partial charge in [-0.25, -0.2) is 4.79 Å². The molecule has 2 amide bonds. The third-order valence-corrected chi connectivity index (χ3v) is 2.16. The lowest BCUT2D eigenvalue weighted by Crippen LogP contribution is -2.33. The Kier molecular flexibility index (Phi) is 5.42. The molecule has 0 unspecified atom stereocenters. The van der Waals surface area contributed by atoms with E-state index in [1.807, 2.05) is 19.1 Å². The molecule has 5 heteroatoms. The van der Waals surface area contributed by atoms with Gasteiger partial charge in [0.1, 0.15) is 12.4 Å². The van der Waals surface area contributed by atoms with Crippen LogP contribution in [0.2, 0.25) is 0 Å². The first-order valence-electron chi connectivity index (χ1n) is 5.25. The number of hydrogen-bond donors (Lipinski definition) is 2. The molecule has 0 bridgehead atoms. The van der Waals surface area contributed by atoms with E-state index in [1.54, 1.807) is 7.05 Å². The maximum Gasteiger partial charge on any atom is 0.314 e. The SMILES string of the molecule is CNC(=O)NCC/C(C)=C/C=C1\COCO1. The van der Waals surface area contributed by atoms with Crippen molar-refractivity contribution < 1.29 is 14.3 Å². The van der Waals surface area contributed by atoms with Crippen LogP contribution in [-0.4, -0.2) is 33.0 Å². The number of hydrogen-bond acceptors (Lipinski definition) is 3. The molecule has 1 saturated heterocycles. The van der Waals surface area contributed by atoms with E-state index in [0.29, 0.717) is 19.9 Å². The molecule has 0 saturated carbocycles. The lowest BCUT2D eigenvalue weighted by Gasteiger charge is -2.03. The second kappa shape index (κ2) is 6.90. The molecule has 1 aliphatic heterocycles. The monoisotopic (exact) mass is 226 g/mol. The minimum absolute atomic E-state index is 0.154. The van der Waals surface area contributed by atoms with Crippen LogP contribution in [0, 0.1) is 0 Å². The summed E-state index contributed by atoms with van der Waals surface area (Å²) in [5.41, 5.74) is 1.18. The van der Waals surface area contributed by atoms with Gasteiger partial charge in [0.15, 0.2) is 6.79 Å². The number of carbonyl (C=O) groups is 1. The fraction of sp³-hybridized carbons (Fsp3) is 0.545. The smallest absolute Gasteiger partial charge is 0.314 e. The molecule has 0 aromatic carbocycles. The summed E-state index contributed by atoms with van der Waals surface area (Å²) < 4.78 is 10.2. The van der Waals surface area contributed by atoms with Gasteiger partial charge in [0.25, 0.3) is 0 Å². The second-order valence-corrected chi connectivity index (χ2v) is 3.51. The average molecular weight is 226 g/mol. The van der Waals surface area contributed by atoms with Crippen molar-refractivity contribution in [1.82, 2.24) is 10.6 Å². The van der Waals surface area contributed by atoms with Crippen molar-refractivity contribution in [3.05, 3.63) is 23.5 Å². The highest BCUT2D eigenvalue weighted by atomic mass is 16.7. The van der Waals surface area contributed by atoms with Gasteiger partial charge in [0, 0.05) is 13.6 Å². The Hall–Kier alpha value is -1.49. The summed E-state index contributed by atoms with van der Waals surface area (Å²) in [6, 6.07) is -0.154. The zero-order chi connectivity index (χ0) is 11.8. The highest BCUT2D eigenvalue weighted by Crippen LogP contribution is 2.08. The first kappa shape index (κ1) is 12.6. The summed E-state index contributed by atoms with van der Waals surface area (Å²) >= 11 is 0. The molecule has 0 spiro atoms. The van der Waals surface area contributed by atoms with E-state index < -0.39 is 0 Å². The van der Waals surface area contributed by atoms with E-state index in [0.717, 1.165) is 12.2 Å². The second-order valence-electron chi connectivity index (χ2n) is 3.51. The molecule has 0 aromatic rings. The van der Waals surface area contributed by atoms with Crippen LogP contribution in [0.1, 0.15) is 13.3 Å². The van der Waals surface area contributed by atoms with Gasteiger partial charge < -0.3 is 20.1 Å². The maximum absolute atomic E-state index is 10.9. The highest BCUT2D eigenvalue weighted by Gasteiger charge is 2.05. The largest absolute Gasteiger partial charge is 0.469 e. The summed E-state index contributed by atoms with van der Waals surface area (Å²) in [6.45, 7) is 3.53. The van der Waals surface area contributed by atoms with Crippen molar-refractivity contribution in [3.63, 3.8) is 0 Å². The van der Waals surface area contributed by atoms with Gasteiger partial charge in [-0.2, -0.15) is 0 Å². The topological polar surface area (TPSA) is 59.6 Å². The molecule has 16 heavy (non-hydrogen) atoms. The number of urea groups is 1. The molecule has 0 atom stereocenters. The first-order chi connectivity index (χ1) is 7.72. The number of amides is 2. The summed E-state index contributed by atoms with van der Waals surface area (Å²) in [7, 11) is 1.60. The van der Waals surface area contributed by atoms with Gasteiger partial charge in [-0.05, 0) is 19.4 Å². The van der Waals surface area contributed by atoms with E-state index in [2.05, 4.69) is 10.6 Å². The third kappa shape index (κ3) is 4.84. The van der Waals surface area contributed by atoms with Crippen LogP contribution >= 0.6 is 0 Å². The molecule has 0 radical (unpaired) electrons. The zero-order valence-corrected chi connectivity index (χ0v) is 9.71. The van der Waals surface area contributed by atoms with E-state index in [9.17, 15) is 4.79 Å². The van der Waals surface area contributed by atoms with Crippen LogP contribution in [0.4, 0.5) is 4.79 Å². The number of carbonyl (C=O) groups excluding carboxylic acids is 1. The minimum Gasteiger partial charge on any atom is -0.469 e. The molecular formula is C11H18N2O3. The van der Waals surface area contributed by atoms with Crippen molar-refractivity contribution in [2.75, 3.05) is 27.0 Å². The van der Waals surface area contributed by atoms with Crippen LogP contribution < -0.4 is 10.6 Å². The lowest BCUT2D eigenvalue weighted by atomic mass is 10.2. The standard InChI is InChI=1S/C11H18N2O3/c1-9(5-6-13-11(14)12-2)3-4-10-7-15-8-16-10/h3-4H,5-8H2,1-2H3,(H2,12,13,14)/b9-3+,10-4+. The molecule has 0 aliphatic carbocycles. The Morgan fingerprint density at radius 3 is 3.00 bits per heavy atom. The fourth-order valence-corrected chi connectivity index (χ4v) is 1.18. The number of ether oxygens (including phenoxy) is 2. The van der Waals surface area contributed by atoms with Crippen molar-refractivity contribution >= 4 is 6.03 Å². The molecule has 1 fully saturated rings. The summed E-state index contributed by atoms with van der Waals surface area (Å²) in [5, 5.41) is 5.22. The molecule has 2 N–H and O–H groups in total. The fourth-order valence-electron chi connectivity index (χ4n) is 1.18. The van der Waals surface area contributed by atoms with Crippen LogP contribution in [-0.2, 0) is 9.47 Å². The number of rotatable bonds is 4. The van der Waals surface area contributed by atoms with Crippen molar-refractivity contribution in [2.45, 2.75) is 13.3 Å². The van der Waals surface area contributed by atoms with Crippen LogP contribution in [0.25, 0.3) is 0 Å². The van der Waals surface area contributed by atoms with Crippen LogP contribution in [0.15, 0.2) is 23.5 Å². The zero-order valence-electron chi connectivity index (χ0n) is 9.71. The number of nitrogens with one attached hydrogen (secondary N) is 2. The number of allylic oxidation sites excluding steroid dienone is 2. The Morgan fingerprint density at radius 2 is 2.38 bits per heavy atom. The molecule has 5 nitrogen and oxygen atoms in total. The lowest BCUT2D eigenvalue weighted by molar-refractivity contribution is 0.0800. The van der Waals surface area contributed by atoms with Gasteiger partial charge in [-0.3, -0.25) is 0 Å². The Labute approximate surface area is 95.5 Å². The van der Waals surface area contributed by atoms with E-state index in [-0.39, 0.29) is 6.03 Å². The summed E-state index contributed by atoms with van der Waals surface area (Å²) in [4.78, 5) is 10.9. The van der Waals surface area contributed by atoms with Gasteiger partial charge >= 0.3 is 6.03 Å². The predicted octanol–water partition coefficient (Wildman–Crippen LogP) is 1.14. The Balaban J connectivity index is 2.23. The third-order valence-electron chi connectivity index (χ3n) is 2.16. The molecule has 1 aliphatic rings. The predicted molar refractivity (Wildman–Crippen MR) is 60.8 cm³/mol. The highest BCUT2D eigenvalue weighted by molar-refractivity contribution is 5.73. The Bertz CT molecular complexity index is 290. The summed E-state index contributed by atoms with van der Waals surface area (Å²) in [5.74, 6) is 0.846. The van der Waals surface area contributed by atoms with Gasteiger partial charge in [0.2, 0.25) is 0 Å². The molecular weight excluding hydrogens is 208 g/mol. The first-order valence-corrected chi connectivity index (χ1v) is 5.25. The minimum atomic E-state index is -0.154. The van der Waals surface area contributed by atoms with Crippen LogP contribution in [0.3, 0.4) is 0 Å². The van der Waals surface area contributed by atoms with Gasteiger partial charge in [0.05, 0.1) is 0 Å². The average Bonchev–Trinajstić information content (AvgIpc) is 2.79. The molecule has 1 rings (SSSR count). The molecule has 90 valence electrons. The van der Waals surface area contributed by atoms with Crippen molar-refractivity contribution in [2.24, 2.45) is 0 Å². The van der Waals surface area contributed by atoms with Crippen molar-refractivity contribution in [1.29, 1.82) is 0 Å². The van der Waals surface area contributed by atoms with Gasteiger partial charge in [-0.1, -0.05) is 11.6 Å². The molecule has 0 aromatic heterocycles. The van der Waals surface area contributed by atoms with Gasteiger partial charge in [-0.15, -0.1) is 0 Å². The van der Waals surface area contributed by atoms with Crippen LogP contribution in [0.5, 0.6) is 0 Å². The van der Waals surface area contributed by atoms with E-state index >= 15 is 0 Å². The Morgan fingerprint density at radius 1 is 1.56 bits per heavy atom. The van der Waals surface area contributed by atoms with E-state index in [1.165, 1.54) is 5.57 Å². The normalized spacial score (nSPS) is 18.4. The maximum atomic E-state index is 10.9. The molecule has 1 heterocycles. The quantitative estimate of drug-likeness (QED) is 0.755. The van der Waals surface area contributed by atoms with E-state index in [4.69, 9.17) is 9.47 Å².